The summed E-state index contributed by atoms with van der Waals surface area (Å²) >= 11 is 0. The van der Waals surface area contributed by atoms with E-state index >= 15 is 0 Å². The van der Waals surface area contributed by atoms with E-state index in [4.69, 9.17) is 16.2 Å². The molecule has 3 aromatic carbocycles. The summed E-state index contributed by atoms with van der Waals surface area (Å²) in [6.07, 6.45) is -0.323. The lowest BCUT2D eigenvalue weighted by atomic mass is 9.99. The number of rotatable bonds is 12. The van der Waals surface area contributed by atoms with Crippen LogP contribution in [0.3, 0.4) is 0 Å². The maximum Gasteiger partial charge on any atom is 0.303 e. The number of amidine groups is 1. The van der Waals surface area contributed by atoms with Crippen LogP contribution in [0.25, 0.3) is 11.1 Å². The van der Waals surface area contributed by atoms with Crippen LogP contribution < -0.4 is 21.7 Å². The summed E-state index contributed by atoms with van der Waals surface area (Å²) in [6.45, 7) is 1.23. The molecule has 0 aliphatic rings. The van der Waals surface area contributed by atoms with Crippen LogP contribution in [0.2, 0.25) is 0 Å². The SMILES string of the molecule is CC(=O)N[C@H](CCC(=O)O)C(=O)N[C@@H](Cc1ccc(-c2ccccc2)cc1)C(=O)Nc1ccc(C(=N)N)cc1. The lowest BCUT2D eigenvalue weighted by molar-refractivity contribution is -0.138. The molecule has 202 valence electrons. The number of carboxylic acid groups (broad SMARTS) is 1. The molecule has 10 nitrogen and oxygen atoms in total. The van der Waals surface area contributed by atoms with Gasteiger partial charge in [0.1, 0.15) is 17.9 Å². The molecule has 0 fully saturated rings. The molecule has 3 aromatic rings. The van der Waals surface area contributed by atoms with Crippen LogP contribution in [0.15, 0.2) is 78.9 Å². The lowest BCUT2D eigenvalue weighted by Crippen LogP contribution is -2.53. The van der Waals surface area contributed by atoms with Gasteiger partial charge < -0.3 is 26.8 Å². The van der Waals surface area contributed by atoms with Crippen molar-refractivity contribution in [2.45, 2.75) is 38.3 Å². The quantitative estimate of drug-likeness (QED) is 0.155. The Morgan fingerprint density at radius 3 is 2.00 bits per heavy atom. The molecular weight excluding hydrogens is 498 g/mol. The minimum Gasteiger partial charge on any atom is -0.481 e. The number of nitrogens with two attached hydrogens (primary N) is 1. The monoisotopic (exact) mass is 529 g/mol. The highest BCUT2D eigenvalue weighted by molar-refractivity contribution is 5.99. The van der Waals surface area contributed by atoms with E-state index in [9.17, 15) is 19.2 Å². The van der Waals surface area contributed by atoms with Crippen molar-refractivity contribution in [1.82, 2.24) is 10.6 Å². The zero-order chi connectivity index (χ0) is 28.4. The van der Waals surface area contributed by atoms with Gasteiger partial charge in [-0.2, -0.15) is 0 Å². The number of carbonyl (C=O) groups is 4. The molecule has 7 N–H and O–H groups in total. The van der Waals surface area contributed by atoms with Crippen molar-refractivity contribution in [3.05, 3.63) is 90.0 Å². The maximum atomic E-state index is 13.3. The number of anilines is 1. The Balaban J connectivity index is 1.81. The van der Waals surface area contributed by atoms with Crippen molar-refractivity contribution in [2.75, 3.05) is 5.32 Å². The first-order chi connectivity index (χ1) is 18.6. The van der Waals surface area contributed by atoms with E-state index in [1.165, 1.54) is 6.92 Å². The molecule has 3 rings (SSSR count). The van der Waals surface area contributed by atoms with E-state index in [0.717, 1.165) is 16.7 Å². The van der Waals surface area contributed by atoms with Crippen molar-refractivity contribution in [3.8, 4) is 11.1 Å². The number of carbonyl (C=O) groups excluding carboxylic acids is 3. The number of hydrogen-bond acceptors (Lipinski definition) is 5. The van der Waals surface area contributed by atoms with Crippen LogP contribution in [0.1, 0.15) is 30.9 Å². The van der Waals surface area contributed by atoms with Gasteiger partial charge in [-0.05, 0) is 47.4 Å². The minimum atomic E-state index is -1.12. The topological polar surface area (TPSA) is 174 Å². The van der Waals surface area contributed by atoms with Crippen LogP contribution in [0.5, 0.6) is 0 Å². The largest absolute Gasteiger partial charge is 0.481 e. The average molecular weight is 530 g/mol. The molecule has 0 saturated heterocycles. The Kier molecular flexibility index (Phi) is 9.91. The molecule has 0 unspecified atom stereocenters. The van der Waals surface area contributed by atoms with Gasteiger partial charge in [-0.15, -0.1) is 0 Å². The zero-order valence-corrected chi connectivity index (χ0v) is 21.4. The number of carboxylic acids is 1. The van der Waals surface area contributed by atoms with E-state index < -0.39 is 35.8 Å². The fourth-order valence-corrected chi connectivity index (χ4v) is 3.93. The molecule has 10 heteroatoms. The Morgan fingerprint density at radius 1 is 0.821 bits per heavy atom. The van der Waals surface area contributed by atoms with Crippen LogP contribution in [0, 0.1) is 5.41 Å². The normalized spacial score (nSPS) is 12.0. The van der Waals surface area contributed by atoms with Gasteiger partial charge in [0.05, 0.1) is 0 Å². The first-order valence-electron chi connectivity index (χ1n) is 12.3. The van der Waals surface area contributed by atoms with Crippen molar-refractivity contribution < 1.29 is 24.3 Å². The Labute approximate surface area is 226 Å². The highest BCUT2D eigenvalue weighted by atomic mass is 16.4. The maximum absolute atomic E-state index is 13.3. The molecule has 0 aliphatic carbocycles. The smallest absolute Gasteiger partial charge is 0.303 e. The Hall–Kier alpha value is -4.99. The van der Waals surface area contributed by atoms with Crippen molar-refractivity contribution in [2.24, 2.45) is 5.73 Å². The lowest BCUT2D eigenvalue weighted by Gasteiger charge is -2.23. The predicted molar refractivity (Wildman–Crippen MR) is 148 cm³/mol. The van der Waals surface area contributed by atoms with Gasteiger partial charge in [-0.25, -0.2) is 0 Å². The van der Waals surface area contributed by atoms with E-state index in [1.54, 1.807) is 24.3 Å². The van der Waals surface area contributed by atoms with Crippen LogP contribution >= 0.6 is 0 Å². The van der Waals surface area contributed by atoms with E-state index in [-0.39, 0.29) is 25.1 Å². The van der Waals surface area contributed by atoms with E-state index in [0.29, 0.717) is 11.3 Å². The fraction of sp³-hybridized carbons (Fsp3) is 0.207. The first kappa shape index (κ1) is 28.6. The molecule has 0 aliphatic heterocycles. The molecule has 0 saturated carbocycles. The highest BCUT2D eigenvalue weighted by Gasteiger charge is 2.27. The van der Waals surface area contributed by atoms with Crippen molar-refractivity contribution >= 4 is 35.2 Å². The molecule has 0 heterocycles. The molecule has 2 atom stereocenters. The molecule has 3 amide bonds. The third-order valence-corrected chi connectivity index (χ3v) is 5.94. The third-order valence-electron chi connectivity index (χ3n) is 5.94. The van der Waals surface area contributed by atoms with Crippen LogP contribution in [-0.2, 0) is 25.6 Å². The molecular formula is C29H31N5O5. The molecule has 0 spiro atoms. The predicted octanol–water partition coefficient (Wildman–Crippen LogP) is 2.67. The highest BCUT2D eigenvalue weighted by Crippen LogP contribution is 2.20. The molecule has 0 aromatic heterocycles. The number of amides is 3. The van der Waals surface area contributed by atoms with Gasteiger partial charge in [-0.3, -0.25) is 24.6 Å². The van der Waals surface area contributed by atoms with Gasteiger partial charge in [0.15, 0.2) is 0 Å². The number of nitrogens with one attached hydrogen (secondary N) is 4. The van der Waals surface area contributed by atoms with Crippen LogP contribution in [-0.4, -0.2) is 46.7 Å². The van der Waals surface area contributed by atoms with Crippen LogP contribution in [0.4, 0.5) is 5.69 Å². The molecule has 39 heavy (non-hydrogen) atoms. The summed E-state index contributed by atoms with van der Waals surface area (Å²) in [4.78, 5) is 49.1. The molecule has 0 radical (unpaired) electrons. The summed E-state index contributed by atoms with van der Waals surface area (Å²) < 4.78 is 0. The van der Waals surface area contributed by atoms with Gasteiger partial charge in [0, 0.05) is 31.0 Å². The van der Waals surface area contributed by atoms with E-state index in [1.807, 2.05) is 54.6 Å². The second-order valence-corrected chi connectivity index (χ2v) is 8.99. The number of nitrogen functional groups attached to an aromatic ring is 1. The van der Waals surface area contributed by atoms with Gasteiger partial charge in [0.2, 0.25) is 17.7 Å². The summed E-state index contributed by atoms with van der Waals surface area (Å²) in [6, 6.07) is 21.6. The summed E-state index contributed by atoms with van der Waals surface area (Å²) in [7, 11) is 0. The summed E-state index contributed by atoms with van der Waals surface area (Å²) in [5.74, 6) is -2.89. The van der Waals surface area contributed by atoms with Crippen molar-refractivity contribution in [3.63, 3.8) is 0 Å². The summed E-state index contributed by atoms with van der Waals surface area (Å²) in [5, 5.41) is 24.4. The molecule has 0 bridgehead atoms. The zero-order valence-electron chi connectivity index (χ0n) is 21.4. The number of benzene rings is 3. The number of hydrogen-bond donors (Lipinski definition) is 6. The second-order valence-electron chi connectivity index (χ2n) is 8.99. The summed E-state index contributed by atoms with van der Waals surface area (Å²) in [5.41, 5.74) is 9.24. The average Bonchev–Trinajstić information content (AvgIpc) is 2.91. The first-order valence-corrected chi connectivity index (χ1v) is 12.3. The van der Waals surface area contributed by atoms with Gasteiger partial charge in [-0.1, -0.05) is 54.6 Å². The Morgan fingerprint density at radius 2 is 1.44 bits per heavy atom. The van der Waals surface area contributed by atoms with E-state index in [2.05, 4.69) is 16.0 Å². The van der Waals surface area contributed by atoms with Gasteiger partial charge in [0.25, 0.3) is 0 Å². The minimum absolute atomic E-state index is 0.109. The fourth-order valence-electron chi connectivity index (χ4n) is 3.93. The standard InChI is InChI=1S/C29H31N5O5/c1-18(35)32-24(15-16-26(36)37)28(38)34-25(29(39)33-23-13-11-22(12-14-23)27(30)31)17-19-7-9-21(10-8-19)20-5-3-2-4-6-20/h2-14,24-25H,15-17H2,1H3,(H3,30,31)(H,32,35)(H,33,39)(H,34,38)(H,36,37)/t24-,25+/m1/s1. The van der Waals surface area contributed by atoms with Crippen molar-refractivity contribution in [1.29, 1.82) is 5.41 Å². The Bertz CT molecular complexity index is 1320. The van der Waals surface area contributed by atoms with Gasteiger partial charge >= 0.3 is 5.97 Å². The third kappa shape index (κ3) is 8.81. The number of aliphatic carboxylic acids is 1. The second kappa shape index (κ2) is 13.5.